The fourth-order valence-electron chi connectivity index (χ4n) is 0. The van der Waals surface area contributed by atoms with Crippen LogP contribution in [-0.4, -0.2) is 19.0 Å². The molecule has 0 radical (unpaired) electrons. The normalized spacial score (nSPS) is 8.45. The van der Waals surface area contributed by atoms with E-state index in [2.05, 4.69) is 25.7 Å². The third-order valence-electron chi connectivity index (χ3n) is 0.998. The molecule has 0 aromatic carbocycles. The molecule has 3 nitrogen and oxygen atoms in total. The van der Waals surface area contributed by atoms with E-state index in [4.69, 9.17) is 5.73 Å². The SMILES string of the molecule is C=C(C)C(N)=O.CNC(C)C. The second-order valence-corrected chi connectivity index (χ2v) is 2.59. The number of nitrogens with one attached hydrogen (secondary N) is 1. The van der Waals surface area contributed by atoms with E-state index in [9.17, 15) is 4.79 Å². The highest BCUT2D eigenvalue weighted by Gasteiger charge is 1.86. The molecule has 3 heteroatoms. The summed E-state index contributed by atoms with van der Waals surface area (Å²) in [6.45, 7) is 9.07. The molecule has 0 bridgehead atoms. The van der Waals surface area contributed by atoms with Crippen molar-refractivity contribution in [3.63, 3.8) is 0 Å². The summed E-state index contributed by atoms with van der Waals surface area (Å²) in [4.78, 5) is 9.82. The predicted octanol–water partition coefficient (Wildman–Crippen LogP) is 0.662. The summed E-state index contributed by atoms with van der Waals surface area (Å²) in [5.41, 5.74) is 5.09. The molecule has 3 N–H and O–H groups in total. The quantitative estimate of drug-likeness (QED) is 0.580. The number of carbonyl (C=O) groups excluding carboxylic acids is 1. The van der Waals surface area contributed by atoms with Crippen molar-refractivity contribution in [2.45, 2.75) is 26.8 Å². The van der Waals surface area contributed by atoms with Crippen LogP contribution in [0.2, 0.25) is 0 Å². The number of hydrogen-bond donors (Lipinski definition) is 2. The lowest BCUT2D eigenvalue weighted by molar-refractivity contribution is -0.114. The highest BCUT2D eigenvalue weighted by atomic mass is 16.1. The molecule has 66 valence electrons. The minimum absolute atomic E-state index is 0.398. The van der Waals surface area contributed by atoms with Gasteiger partial charge in [-0.15, -0.1) is 0 Å². The molecular formula is C8H18N2O. The Morgan fingerprint density at radius 1 is 1.55 bits per heavy atom. The number of nitrogens with two attached hydrogens (primary N) is 1. The number of rotatable bonds is 2. The van der Waals surface area contributed by atoms with Gasteiger partial charge in [-0.2, -0.15) is 0 Å². The molecule has 0 aliphatic rings. The van der Waals surface area contributed by atoms with Crippen molar-refractivity contribution in [2.75, 3.05) is 7.05 Å². The van der Waals surface area contributed by atoms with E-state index in [-0.39, 0.29) is 0 Å². The molecule has 1 amide bonds. The van der Waals surface area contributed by atoms with Gasteiger partial charge in [0, 0.05) is 11.6 Å². The first kappa shape index (κ1) is 12.8. The zero-order chi connectivity index (χ0) is 9.44. The van der Waals surface area contributed by atoms with Crippen LogP contribution in [0.3, 0.4) is 0 Å². The highest BCUT2D eigenvalue weighted by molar-refractivity contribution is 5.90. The van der Waals surface area contributed by atoms with E-state index in [1.54, 1.807) is 6.92 Å². The van der Waals surface area contributed by atoms with Crippen LogP contribution in [0.1, 0.15) is 20.8 Å². The zero-order valence-electron chi connectivity index (χ0n) is 7.77. The van der Waals surface area contributed by atoms with Gasteiger partial charge in [-0.3, -0.25) is 4.79 Å². The van der Waals surface area contributed by atoms with Gasteiger partial charge < -0.3 is 11.1 Å². The molecular weight excluding hydrogens is 140 g/mol. The van der Waals surface area contributed by atoms with E-state index < -0.39 is 5.91 Å². The summed E-state index contributed by atoms with van der Waals surface area (Å²) >= 11 is 0. The van der Waals surface area contributed by atoms with Crippen LogP contribution in [0.25, 0.3) is 0 Å². The van der Waals surface area contributed by atoms with Gasteiger partial charge in [0.25, 0.3) is 0 Å². The molecule has 0 saturated heterocycles. The molecule has 0 atom stereocenters. The average Bonchev–Trinajstić information content (AvgIpc) is 1.89. The molecule has 0 aromatic heterocycles. The van der Waals surface area contributed by atoms with Crippen LogP contribution in [-0.2, 0) is 4.79 Å². The minimum Gasteiger partial charge on any atom is -0.366 e. The second-order valence-electron chi connectivity index (χ2n) is 2.59. The summed E-state index contributed by atoms with van der Waals surface area (Å²) in [6, 6.07) is 0.634. The van der Waals surface area contributed by atoms with Crippen molar-refractivity contribution in [3.05, 3.63) is 12.2 Å². The molecule has 0 spiro atoms. The predicted molar refractivity (Wildman–Crippen MR) is 48.2 cm³/mol. The van der Waals surface area contributed by atoms with Crippen molar-refractivity contribution in [3.8, 4) is 0 Å². The lowest BCUT2D eigenvalue weighted by Crippen LogP contribution is -2.15. The number of amides is 1. The molecule has 0 aliphatic heterocycles. The maximum absolute atomic E-state index is 9.82. The minimum atomic E-state index is -0.435. The second kappa shape index (κ2) is 7.28. The lowest BCUT2D eigenvalue weighted by atomic mass is 10.3. The number of primary amides is 1. The van der Waals surface area contributed by atoms with Crippen LogP contribution < -0.4 is 11.1 Å². The van der Waals surface area contributed by atoms with Gasteiger partial charge in [-0.1, -0.05) is 20.4 Å². The summed E-state index contributed by atoms with van der Waals surface area (Å²) in [7, 11) is 1.95. The molecule has 11 heavy (non-hydrogen) atoms. The number of carbonyl (C=O) groups is 1. The molecule has 0 rings (SSSR count). The van der Waals surface area contributed by atoms with E-state index in [1.807, 2.05) is 7.05 Å². The van der Waals surface area contributed by atoms with Gasteiger partial charge in [0.05, 0.1) is 0 Å². The smallest absolute Gasteiger partial charge is 0.243 e. The Morgan fingerprint density at radius 3 is 1.73 bits per heavy atom. The van der Waals surface area contributed by atoms with Gasteiger partial charge in [0.15, 0.2) is 0 Å². The van der Waals surface area contributed by atoms with Crippen LogP contribution in [0, 0.1) is 0 Å². The molecule has 0 aliphatic carbocycles. The fourth-order valence-corrected chi connectivity index (χ4v) is 0. The lowest BCUT2D eigenvalue weighted by Gasteiger charge is -1.95. The first-order valence-electron chi connectivity index (χ1n) is 3.54. The van der Waals surface area contributed by atoms with Gasteiger partial charge in [0.2, 0.25) is 5.91 Å². The summed E-state index contributed by atoms with van der Waals surface area (Å²) in [5.74, 6) is -0.435. The largest absolute Gasteiger partial charge is 0.366 e. The Kier molecular flexibility index (Phi) is 8.48. The van der Waals surface area contributed by atoms with E-state index in [1.165, 1.54) is 0 Å². The van der Waals surface area contributed by atoms with E-state index in [0.717, 1.165) is 0 Å². The summed E-state index contributed by atoms with van der Waals surface area (Å²) < 4.78 is 0. The Balaban J connectivity index is 0. The molecule has 0 aromatic rings. The average molecular weight is 158 g/mol. The maximum Gasteiger partial charge on any atom is 0.243 e. The standard InChI is InChI=1S/C4H7NO.C4H11N/c1-3(2)4(5)6;1-4(2)5-3/h1H2,2H3,(H2,5,6);4-5H,1-3H3. The first-order valence-corrected chi connectivity index (χ1v) is 3.54. The topological polar surface area (TPSA) is 55.1 Å². The Hall–Kier alpha value is -0.830. The van der Waals surface area contributed by atoms with Gasteiger partial charge >= 0.3 is 0 Å². The van der Waals surface area contributed by atoms with Gasteiger partial charge in [-0.05, 0) is 14.0 Å². The third kappa shape index (κ3) is 17.6. The first-order chi connectivity index (χ1) is 4.91. The monoisotopic (exact) mass is 158 g/mol. The van der Waals surface area contributed by atoms with Crippen molar-refractivity contribution in [2.24, 2.45) is 5.73 Å². The zero-order valence-corrected chi connectivity index (χ0v) is 7.77. The van der Waals surface area contributed by atoms with Crippen molar-refractivity contribution in [1.29, 1.82) is 0 Å². The molecule has 0 heterocycles. The van der Waals surface area contributed by atoms with Crippen LogP contribution >= 0.6 is 0 Å². The van der Waals surface area contributed by atoms with Crippen molar-refractivity contribution >= 4 is 5.91 Å². The van der Waals surface area contributed by atoms with Gasteiger partial charge in [-0.25, -0.2) is 0 Å². The van der Waals surface area contributed by atoms with E-state index >= 15 is 0 Å². The molecule has 0 fully saturated rings. The fraction of sp³-hybridized carbons (Fsp3) is 0.625. The Labute approximate surface area is 68.7 Å². The van der Waals surface area contributed by atoms with E-state index in [0.29, 0.717) is 11.6 Å². The third-order valence-corrected chi connectivity index (χ3v) is 0.998. The molecule has 0 saturated carbocycles. The van der Waals surface area contributed by atoms with Gasteiger partial charge in [0.1, 0.15) is 0 Å². The van der Waals surface area contributed by atoms with Crippen molar-refractivity contribution < 1.29 is 4.79 Å². The maximum atomic E-state index is 9.82. The highest BCUT2D eigenvalue weighted by Crippen LogP contribution is 1.78. The van der Waals surface area contributed by atoms with Crippen LogP contribution in [0.15, 0.2) is 12.2 Å². The Bertz CT molecular complexity index is 118. The van der Waals surface area contributed by atoms with Crippen molar-refractivity contribution in [1.82, 2.24) is 5.32 Å². The molecule has 0 unspecified atom stereocenters. The van der Waals surface area contributed by atoms with Crippen LogP contribution in [0.4, 0.5) is 0 Å². The Morgan fingerprint density at radius 2 is 1.73 bits per heavy atom. The van der Waals surface area contributed by atoms with Crippen LogP contribution in [0.5, 0.6) is 0 Å². The number of hydrogen-bond acceptors (Lipinski definition) is 2. The summed E-state index contributed by atoms with van der Waals surface area (Å²) in [6.07, 6.45) is 0. The summed E-state index contributed by atoms with van der Waals surface area (Å²) in [5, 5.41) is 3.03.